The molecule has 0 unspecified atom stereocenters. The molecule has 1 aromatic carbocycles. The molecule has 7 heteroatoms. The molecule has 1 aromatic heterocycles. The van der Waals surface area contributed by atoms with Crippen molar-refractivity contribution in [1.29, 1.82) is 0 Å². The third kappa shape index (κ3) is 4.14. The molecule has 0 fully saturated rings. The topological polar surface area (TPSA) is 73.9 Å². The van der Waals surface area contributed by atoms with Gasteiger partial charge in [0.05, 0.1) is 12.2 Å². The lowest BCUT2D eigenvalue weighted by Crippen LogP contribution is -2.28. The van der Waals surface area contributed by atoms with E-state index >= 15 is 0 Å². The summed E-state index contributed by atoms with van der Waals surface area (Å²) in [6.07, 6.45) is 0.616. The number of rotatable bonds is 5. The molecule has 0 saturated carbocycles. The van der Waals surface area contributed by atoms with Crippen LogP contribution in [0, 0.1) is 12.3 Å². The minimum atomic E-state index is -0.568. The molecule has 150 valence electrons. The molecule has 1 amide bonds. The molecule has 1 aliphatic rings. The highest BCUT2D eigenvalue weighted by atomic mass is 32.1. The highest BCUT2D eigenvalue weighted by Crippen LogP contribution is 2.38. The van der Waals surface area contributed by atoms with Gasteiger partial charge in [-0.2, -0.15) is 0 Å². The third-order valence-electron chi connectivity index (χ3n) is 4.44. The Morgan fingerprint density at radius 3 is 2.61 bits per heavy atom. The van der Waals surface area contributed by atoms with E-state index in [1.54, 1.807) is 6.92 Å². The zero-order valence-electron chi connectivity index (χ0n) is 16.8. The minimum absolute atomic E-state index is 0.145. The van der Waals surface area contributed by atoms with Crippen molar-refractivity contribution in [2.45, 2.75) is 41.0 Å². The highest BCUT2D eigenvalue weighted by molar-refractivity contribution is 7.17. The van der Waals surface area contributed by atoms with E-state index in [9.17, 15) is 9.59 Å². The summed E-state index contributed by atoms with van der Waals surface area (Å²) in [5.41, 5.74) is 1.73. The molecule has 2 heterocycles. The number of benzene rings is 1. The van der Waals surface area contributed by atoms with Crippen molar-refractivity contribution in [3.8, 4) is 11.5 Å². The first-order valence-electron chi connectivity index (χ1n) is 9.20. The fraction of sp³-hybridized carbons (Fsp3) is 0.429. The fourth-order valence-electron chi connectivity index (χ4n) is 2.79. The lowest BCUT2D eigenvalue weighted by molar-refractivity contribution is -0.123. The smallest absolute Gasteiger partial charge is 0.341 e. The van der Waals surface area contributed by atoms with Gasteiger partial charge in [0.2, 0.25) is 12.7 Å². The van der Waals surface area contributed by atoms with Crippen LogP contribution in [0.5, 0.6) is 11.5 Å². The third-order valence-corrected chi connectivity index (χ3v) is 5.64. The van der Waals surface area contributed by atoms with Crippen LogP contribution in [0.15, 0.2) is 18.2 Å². The van der Waals surface area contributed by atoms with E-state index in [0.717, 1.165) is 27.5 Å². The van der Waals surface area contributed by atoms with Crippen molar-refractivity contribution in [2.24, 2.45) is 5.41 Å². The summed E-state index contributed by atoms with van der Waals surface area (Å²) < 4.78 is 16.0. The Morgan fingerprint density at radius 1 is 1.21 bits per heavy atom. The van der Waals surface area contributed by atoms with E-state index in [1.807, 2.05) is 45.9 Å². The lowest BCUT2D eigenvalue weighted by atomic mass is 9.96. The Hall–Kier alpha value is -2.54. The van der Waals surface area contributed by atoms with Gasteiger partial charge in [-0.3, -0.25) is 4.79 Å². The van der Waals surface area contributed by atoms with Crippen molar-refractivity contribution in [1.82, 2.24) is 0 Å². The number of anilines is 1. The van der Waals surface area contributed by atoms with E-state index in [-0.39, 0.29) is 19.3 Å². The van der Waals surface area contributed by atoms with Gasteiger partial charge >= 0.3 is 5.97 Å². The van der Waals surface area contributed by atoms with Crippen LogP contribution in [0.2, 0.25) is 0 Å². The summed E-state index contributed by atoms with van der Waals surface area (Å²) in [5, 5.41) is 3.45. The monoisotopic (exact) mass is 403 g/mol. The number of hydrogen-bond acceptors (Lipinski definition) is 6. The second kappa shape index (κ2) is 7.83. The van der Waals surface area contributed by atoms with Crippen LogP contribution in [-0.2, 0) is 16.0 Å². The van der Waals surface area contributed by atoms with Crippen molar-refractivity contribution in [3.05, 3.63) is 39.8 Å². The first-order valence-corrected chi connectivity index (χ1v) is 10.0. The molecule has 1 aliphatic heterocycles. The van der Waals surface area contributed by atoms with Crippen LogP contribution >= 0.6 is 11.3 Å². The van der Waals surface area contributed by atoms with Crippen LogP contribution in [0.25, 0.3) is 0 Å². The first kappa shape index (κ1) is 20.2. The number of amides is 1. The molecule has 0 saturated heterocycles. The molecule has 0 aliphatic carbocycles. The van der Waals surface area contributed by atoms with Gasteiger partial charge in [-0.1, -0.05) is 26.8 Å². The van der Waals surface area contributed by atoms with Crippen molar-refractivity contribution in [3.63, 3.8) is 0 Å². The van der Waals surface area contributed by atoms with Crippen LogP contribution in [0.1, 0.15) is 54.1 Å². The predicted octanol–water partition coefficient (Wildman–Crippen LogP) is 4.54. The van der Waals surface area contributed by atoms with Crippen LogP contribution in [-0.4, -0.2) is 25.3 Å². The van der Waals surface area contributed by atoms with Gasteiger partial charge in [0, 0.05) is 16.7 Å². The molecule has 0 bridgehead atoms. The SMILES string of the molecule is CCOC(=O)c1c(NC(=O)C(C)(C)C)sc(Cc2ccc3c(c2)OCO3)c1C. The molecule has 0 atom stereocenters. The molecule has 6 nitrogen and oxygen atoms in total. The van der Waals surface area contributed by atoms with Gasteiger partial charge in [0.1, 0.15) is 5.00 Å². The number of hydrogen-bond donors (Lipinski definition) is 1. The summed E-state index contributed by atoms with van der Waals surface area (Å²) >= 11 is 1.41. The summed E-state index contributed by atoms with van der Waals surface area (Å²) in [7, 11) is 0. The van der Waals surface area contributed by atoms with Crippen LogP contribution in [0.4, 0.5) is 5.00 Å². The van der Waals surface area contributed by atoms with Crippen molar-refractivity contribution in [2.75, 3.05) is 18.7 Å². The quantitative estimate of drug-likeness (QED) is 0.742. The highest BCUT2D eigenvalue weighted by Gasteiger charge is 2.28. The van der Waals surface area contributed by atoms with Crippen molar-refractivity contribution >= 4 is 28.2 Å². The number of thiophene rings is 1. The second-order valence-corrected chi connectivity index (χ2v) is 8.75. The van der Waals surface area contributed by atoms with Gasteiger partial charge in [0.15, 0.2) is 11.5 Å². The summed E-state index contributed by atoms with van der Waals surface area (Å²) in [6, 6.07) is 5.80. The molecule has 28 heavy (non-hydrogen) atoms. The maximum absolute atomic E-state index is 12.5. The van der Waals surface area contributed by atoms with E-state index in [0.29, 0.717) is 17.0 Å². The predicted molar refractivity (Wildman–Crippen MR) is 108 cm³/mol. The van der Waals surface area contributed by atoms with E-state index in [4.69, 9.17) is 14.2 Å². The van der Waals surface area contributed by atoms with E-state index in [2.05, 4.69) is 5.32 Å². The zero-order chi connectivity index (χ0) is 20.5. The van der Waals surface area contributed by atoms with E-state index in [1.165, 1.54) is 11.3 Å². The van der Waals surface area contributed by atoms with Gasteiger partial charge < -0.3 is 19.5 Å². The average molecular weight is 404 g/mol. The van der Waals surface area contributed by atoms with E-state index < -0.39 is 11.4 Å². The molecule has 2 aromatic rings. The number of fused-ring (bicyclic) bond motifs is 1. The summed E-state index contributed by atoms with van der Waals surface area (Å²) in [4.78, 5) is 26.0. The molecule has 0 radical (unpaired) electrons. The standard InChI is InChI=1S/C21H25NO5S/c1-6-25-19(23)17-12(2)16(28-18(17)22-20(24)21(3,4)5)10-13-7-8-14-15(9-13)27-11-26-14/h7-9H,6,10-11H2,1-5H3,(H,22,24). The Kier molecular flexibility index (Phi) is 5.65. The molecule has 0 spiro atoms. The Morgan fingerprint density at radius 2 is 1.93 bits per heavy atom. The number of carbonyl (C=O) groups excluding carboxylic acids is 2. The van der Waals surface area contributed by atoms with Gasteiger partial charge in [-0.15, -0.1) is 11.3 Å². The zero-order valence-corrected chi connectivity index (χ0v) is 17.6. The normalized spacial score (nSPS) is 12.8. The Bertz CT molecular complexity index is 910. The van der Waals surface area contributed by atoms with Crippen LogP contribution in [0.3, 0.4) is 0 Å². The second-order valence-electron chi connectivity index (χ2n) is 7.64. The molecule has 1 N–H and O–H groups in total. The van der Waals surface area contributed by atoms with Crippen molar-refractivity contribution < 1.29 is 23.8 Å². The Balaban J connectivity index is 1.94. The minimum Gasteiger partial charge on any atom is -0.462 e. The molecular formula is C21H25NO5S. The largest absolute Gasteiger partial charge is 0.462 e. The van der Waals surface area contributed by atoms with Gasteiger partial charge in [-0.25, -0.2) is 4.79 Å². The maximum Gasteiger partial charge on any atom is 0.341 e. The number of carbonyl (C=O) groups is 2. The molecule has 3 rings (SSSR count). The molecular weight excluding hydrogens is 378 g/mol. The maximum atomic E-state index is 12.5. The number of ether oxygens (including phenoxy) is 3. The number of nitrogens with one attached hydrogen (secondary N) is 1. The first-order chi connectivity index (χ1) is 13.2. The number of esters is 1. The van der Waals surface area contributed by atoms with Crippen LogP contribution < -0.4 is 14.8 Å². The Labute approximate surface area is 168 Å². The summed E-state index contributed by atoms with van der Waals surface area (Å²) in [6.45, 7) is 9.66. The summed E-state index contributed by atoms with van der Waals surface area (Å²) in [5.74, 6) is 0.891. The average Bonchev–Trinajstić information content (AvgIpc) is 3.19. The van der Waals surface area contributed by atoms with Gasteiger partial charge in [0.25, 0.3) is 0 Å². The fourth-order valence-corrected chi connectivity index (χ4v) is 4.02. The lowest BCUT2D eigenvalue weighted by Gasteiger charge is -2.17. The van der Waals surface area contributed by atoms with Gasteiger partial charge in [-0.05, 0) is 37.1 Å².